The van der Waals surface area contributed by atoms with Crippen LogP contribution in [-0.4, -0.2) is 43.4 Å². The molecule has 1 N–H and O–H groups in total. The fourth-order valence-electron chi connectivity index (χ4n) is 3.97. The molecular weight excluding hydrogens is 395 g/mol. The van der Waals surface area contributed by atoms with Crippen molar-refractivity contribution in [2.24, 2.45) is 0 Å². The van der Waals surface area contributed by atoms with Gasteiger partial charge in [-0.3, -0.25) is 4.90 Å². The largest absolute Gasteiger partial charge is 0.508 e. The highest BCUT2D eigenvalue weighted by atomic mass is 19.4. The van der Waals surface area contributed by atoms with Crippen molar-refractivity contribution in [2.75, 3.05) is 33.4 Å². The summed E-state index contributed by atoms with van der Waals surface area (Å²) in [6, 6.07) is 13.8. The summed E-state index contributed by atoms with van der Waals surface area (Å²) in [4.78, 5) is 2.13. The maximum atomic E-state index is 13.1. The SMILES string of the molecule is COc1ccc2ccc(O)c([C@@H](c3ccc(C(F)(F)F)cc3)N3CCOCC3)c2c1. The summed E-state index contributed by atoms with van der Waals surface area (Å²) in [5, 5.41) is 12.5. The van der Waals surface area contributed by atoms with Gasteiger partial charge in [0, 0.05) is 18.7 Å². The number of methoxy groups -OCH3 is 1. The van der Waals surface area contributed by atoms with Crippen LogP contribution in [0.4, 0.5) is 13.2 Å². The van der Waals surface area contributed by atoms with Gasteiger partial charge in [-0.2, -0.15) is 13.2 Å². The number of alkyl halides is 3. The monoisotopic (exact) mass is 417 g/mol. The van der Waals surface area contributed by atoms with Gasteiger partial charge in [-0.15, -0.1) is 0 Å². The van der Waals surface area contributed by atoms with Crippen LogP contribution in [0.25, 0.3) is 10.8 Å². The lowest BCUT2D eigenvalue weighted by Crippen LogP contribution is -2.39. The van der Waals surface area contributed by atoms with Crippen LogP contribution < -0.4 is 4.74 Å². The van der Waals surface area contributed by atoms with Crippen molar-refractivity contribution in [1.82, 2.24) is 4.90 Å². The van der Waals surface area contributed by atoms with Crippen molar-refractivity contribution in [3.8, 4) is 11.5 Å². The van der Waals surface area contributed by atoms with Crippen LogP contribution in [0.15, 0.2) is 54.6 Å². The van der Waals surface area contributed by atoms with Crippen molar-refractivity contribution in [3.63, 3.8) is 0 Å². The van der Waals surface area contributed by atoms with Gasteiger partial charge >= 0.3 is 6.18 Å². The normalized spacial score (nSPS) is 16.5. The lowest BCUT2D eigenvalue weighted by atomic mass is 9.90. The minimum Gasteiger partial charge on any atom is -0.508 e. The molecule has 1 aliphatic rings. The summed E-state index contributed by atoms with van der Waals surface area (Å²) in [6.07, 6.45) is -4.40. The van der Waals surface area contributed by atoms with Crippen LogP contribution in [0, 0.1) is 0 Å². The highest BCUT2D eigenvalue weighted by molar-refractivity contribution is 5.90. The molecule has 1 heterocycles. The van der Waals surface area contributed by atoms with Gasteiger partial charge in [0.1, 0.15) is 11.5 Å². The van der Waals surface area contributed by atoms with Crippen LogP contribution in [0.2, 0.25) is 0 Å². The number of fused-ring (bicyclic) bond motifs is 1. The van der Waals surface area contributed by atoms with Crippen molar-refractivity contribution >= 4 is 10.8 Å². The van der Waals surface area contributed by atoms with Gasteiger partial charge in [0.25, 0.3) is 0 Å². The van der Waals surface area contributed by atoms with E-state index in [9.17, 15) is 18.3 Å². The van der Waals surface area contributed by atoms with E-state index in [0.29, 0.717) is 43.2 Å². The number of aromatic hydroxyl groups is 1. The van der Waals surface area contributed by atoms with Crippen molar-refractivity contribution in [1.29, 1.82) is 0 Å². The quantitative estimate of drug-likeness (QED) is 0.649. The number of benzene rings is 3. The Balaban J connectivity index is 1.89. The lowest BCUT2D eigenvalue weighted by Gasteiger charge is -2.36. The minimum atomic E-state index is -4.40. The first-order valence-electron chi connectivity index (χ1n) is 9.67. The molecule has 0 amide bonds. The van der Waals surface area contributed by atoms with Gasteiger partial charge < -0.3 is 14.6 Å². The lowest BCUT2D eigenvalue weighted by molar-refractivity contribution is -0.137. The Hall–Kier alpha value is -2.77. The van der Waals surface area contributed by atoms with E-state index >= 15 is 0 Å². The predicted octanol–water partition coefficient (Wildman–Crippen LogP) is 4.99. The fourth-order valence-corrected chi connectivity index (χ4v) is 3.97. The molecule has 0 spiro atoms. The van der Waals surface area contributed by atoms with Gasteiger partial charge in [-0.1, -0.05) is 24.3 Å². The van der Waals surface area contributed by atoms with Crippen molar-refractivity contribution < 1.29 is 27.8 Å². The number of hydrogen-bond donors (Lipinski definition) is 1. The smallest absolute Gasteiger partial charge is 0.416 e. The first kappa shape index (κ1) is 20.5. The second-order valence-corrected chi connectivity index (χ2v) is 7.26. The molecule has 7 heteroatoms. The van der Waals surface area contributed by atoms with E-state index in [1.165, 1.54) is 12.1 Å². The van der Waals surface area contributed by atoms with Gasteiger partial charge in [-0.05, 0) is 46.7 Å². The first-order chi connectivity index (χ1) is 14.4. The Morgan fingerprint density at radius 1 is 1.00 bits per heavy atom. The number of rotatable bonds is 4. The summed E-state index contributed by atoms with van der Waals surface area (Å²) < 4.78 is 50.0. The molecule has 0 unspecified atom stereocenters. The molecule has 158 valence electrons. The average Bonchev–Trinajstić information content (AvgIpc) is 2.75. The van der Waals surface area contributed by atoms with Crippen molar-refractivity contribution in [2.45, 2.75) is 12.2 Å². The summed E-state index contributed by atoms with van der Waals surface area (Å²) in [5.74, 6) is 0.731. The molecule has 0 bridgehead atoms. The highest BCUT2D eigenvalue weighted by Crippen LogP contribution is 2.41. The zero-order chi connectivity index (χ0) is 21.3. The number of morpholine rings is 1. The standard InChI is InChI=1S/C23H22F3NO3/c1-29-18-8-4-15-5-9-20(28)21(19(15)14-18)22(27-10-12-30-13-11-27)16-2-6-17(7-3-16)23(24,25)26/h2-9,14,22,28H,10-13H2,1H3/t22-/m1/s1. The van der Waals surface area contributed by atoms with Gasteiger partial charge in [0.2, 0.25) is 0 Å². The highest BCUT2D eigenvalue weighted by Gasteiger charge is 2.32. The third-order valence-corrected chi connectivity index (χ3v) is 5.49. The number of halogens is 3. The van der Waals surface area contributed by atoms with Crippen molar-refractivity contribution in [3.05, 3.63) is 71.3 Å². The second kappa shape index (κ2) is 8.16. The molecule has 0 radical (unpaired) electrons. The van der Waals surface area contributed by atoms with E-state index in [1.807, 2.05) is 24.3 Å². The zero-order valence-corrected chi connectivity index (χ0v) is 16.4. The second-order valence-electron chi connectivity index (χ2n) is 7.26. The Bertz CT molecular complexity index is 1030. The molecule has 0 aromatic heterocycles. The summed E-state index contributed by atoms with van der Waals surface area (Å²) in [5.41, 5.74) is 0.624. The molecule has 1 atom stereocenters. The van der Waals surface area contributed by atoms with Crippen LogP contribution in [0.3, 0.4) is 0 Å². The number of nitrogens with zero attached hydrogens (tertiary/aromatic N) is 1. The van der Waals surface area contributed by atoms with E-state index in [-0.39, 0.29) is 5.75 Å². The third kappa shape index (κ3) is 3.95. The number of phenolic OH excluding ortho intramolecular Hbond substituents is 1. The fraction of sp³-hybridized carbons (Fsp3) is 0.304. The number of phenols is 1. The maximum Gasteiger partial charge on any atom is 0.416 e. The van der Waals surface area contributed by atoms with E-state index in [2.05, 4.69) is 4.90 Å². The molecule has 1 saturated heterocycles. The predicted molar refractivity (Wildman–Crippen MR) is 108 cm³/mol. The van der Waals surface area contributed by atoms with Crippen LogP contribution in [0.5, 0.6) is 11.5 Å². The minimum absolute atomic E-state index is 0.0899. The Morgan fingerprint density at radius 2 is 1.67 bits per heavy atom. The van der Waals surface area contributed by atoms with E-state index in [0.717, 1.165) is 22.9 Å². The van der Waals surface area contributed by atoms with E-state index in [1.54, 1.807) is 13.2 Å². The van der Waals surface area contributed by atoms with E-state index < -0.39 is 17.8 Å². The zero-order valence-electron chi connectivity index (χ0n) is 16.4. The van der Waals surface area contributed by atoms with Crippen LogP contribution in [0.1, 0.15) is 22.7 Å². The molecule has 30 heavy (non-hydrogen) atoms. The molecular formula is C23H22F3NO3. The molecule has 4 rings (SSSR count). The molecule has 1 fully saturated rings. The van der Waals surface area contributed by atoms with Gasteiger partial charge in [-0.25, -0.2) is 0 Å². The maximum absolute atomic E-state index is 13.1. The summed E-state index contributed by atoms with van der Waals surface area (Å²) in [7, 11) is 1.57. The molecule has 4 nitrogen and oxygen atoms in total. The Labute approximate surface area is 172 Å². The van der Waals surface area contributed by atoms with Gasteiger partial charge in [0.15, 0.2) is 0 Å². The topological polar surface area (TPSA) is 41.9 Å². The average molecular weight is 417 g/mol. The molecule has 3 aromatic carbocycles. The molecule has 0 saturated carbocycles. The number of hydrogen-bond acceptors (Lipinski definition) is 4. The summed E-state index contributed by atoms with van der Waals surface area (Å²) >= 11 is 0. The molecule has 3 aromatic rings. The molecule has 1 aliphatic heterocycles. The van der Waals surface area contributed by atoms with Gasteiger partial charge in [0.05, 0.1) is 31.9 Å². The molecule has 0 aliphatic carbocycles. The van der Waals surface area contributed by atoms with Crippen LogP contribution in [-0.2, 0) is 10.9 Å². The first-order valence-corrected chi connectivity index (χ1v) is 9.67. The summed E-state index contributed by atoms with van der Waals surface area (Å²) in [6.45, 7) is 2.24. The van der Waals surface area contributed by atoms with E-state index in [4.69, 9.17) is 9.47 Å². The third-order valence-electron chi connectivity index (χ3n) is 5.49. The van der Waals surface area contributed by atoms with Crippen LogP contribution >= 0.6 is 0 Å². The number of ether oxygens (including phenoxy) is 2. The Kier molecular flexibility index (Phi) is 5.58. The Morgan fingerprint density at radius 3 is 2.30 bits per heavy atom.